The summed E-state index contributed by atoms with van der Waals surface area (Å²) in [5.74, 6) is 1.27. The lowest BCUT2D eigenvalue weighted by Gasteiger charge is -2.69. The maximum absolute atomic E-state index is 12.8. The van der Waals surface area contributed by atoms with E-state index in [-0.39, 0.29) is 28.3 Å². The first-order chi connectivity index (χ1) is 15.2. The molecule has 11 heteroatoms. The second-order valence-corrected chi connectivity index (χ2v) is 9.45. The second kappa shape index (κ2) is 6.60. The molecule has 4 heterocycles. The minimum absolute atomic E-state index is 0.0178. The molecule has 3 aliphatic carbocycles. The smallest absolute Gasteiger partial charge is 0.433 e. The molecule has 0 unspecified atom stereocenters. The van der Waals surface area contributed by atoms with Crippen molar-refractivity contribution in [3.8, 4) is 11.6 Å². The zero-order chi connectivity index (χ0) is 22.1. The Morgan fingerprint density at radius 3 is 2.66 bits per heavy atom. The van der Waals surface area contributed by atoms with Gasteiger partial charge in [-0.15, -0.1) is 0 Å². The maximum Gasteiger partial charge on any atom is 0.433 e. The highest BCUT2D eigenvalue weighted by molar-refractivity contribution is 5.47. The van der Waals surface area contributed by atoms with E-state index in [1.165, 1.54) is 6.07 Å². The monoisotopic (exact) mass is 450 g/mol. The summed E-state index contributed by atoms with van der Waals surface area (Å²) >= 11 is 0. The van der Waals surface area contributed by atoms with Gasteiger partial charge in [-0.05, 0) is 25.3 Å². The zero-order valence-electron chi connectivity index (χ0n) is 17.1. The van der Waals surface area contributed by atoms with Crippen molar-refractivity contribution in [2.75, 3.05) is 31.5 Å². The second-order valence-electron chi connectivity index (χ2n) is 9.45. The number of anilines is 1. The number of fused-ring (bicyclic) bond motifs is 3. The van der Waals surface area contributed by atoms with Crippen molar-refractivity contribution < 1.29 is 27.4 Å². The van der Waals surface area contributed by atoms with E-state index in [0.29, 0.717) is 39.0 Å². The number of pyridine rings is 1. The first-order valence-electron chi connectivity index (χ1n) is 10.5. The normalized spacial score (nSPS) is 29.7. The average Bonchev–Trinajstić information content (AvgIpc) is 3.28. The van der Waals surface area contributed by atoms with Crippen molar-refractivity contribution >= 4 is 5.82 Å². The molecule has 0 spiro atoms. The van der Waals surface area contributed by atoms with Crippen LogP contribution >= 0.6 is 0 Å². The summed E-state index contributed by atoms with van der Waals surface area (Å²) in [5, 5.41) is 0. The molecule has 2 aromatic rings. The molecule has 0 amide bonds. The Bertz CT molecular complexity index is 1110. The lowest BCUT2D eigenvalue weighted by molar-refractivity contribution is -0.232. The summed E-state index contributed by atoms with van der Waals surface area (Å²) < 4.78 is 57.1. The minimum atomic E-state index is -4.49. The van der Waals surface area contributed by atoms with Gasteiger partial charge in [0.05, 0.1) is 32.4 Å². The summed E-state index contributed by atoms with van der Waals surface area (Å²) in [7, 11) is 0. The number of alkyl halides is 3. The molecule has 3 saturated carbocycles. The van der Waals surface area contributed by atoms with E-state index in [2.05, 4.69) is 9.97 Å². The lowest BCUT2D eigenvalue weighted by Crippen LogP contribution is -2.66. The highest BCUT2D eigenvalue weighted by Gasteiger charge is 2.68. The Balaban J connectivity index is 1.04. The van der Waals surface area contributed by atoms with E-state index in [9.17, 15) is 18.0 Å². The fourth-order valence-corrected chi connectivity index (χ4v) is 5.71. The molecule has 2 bridgehead atoms. The molecule has 2 aliphatic heterocycles. The largest absolute Gasteiger partial charge is 0.493 e. The van der Waals surface area contributed by atoms with Crippen molar-refractivity contribution in [2.24, 2.45) is 10.8 Å². The standard InChI is InChI=1S/C21H21F3N4O4/c22-21(23,24)15-3-14(1-2-25-15)31-10-19-7-20(8-19,9-19)11-32-16-4-17-27(18(29)26-16)5-13-6-30-12-28(13)17/h1-4,13H,5-12H2/t13-,19?,20?/m0/s1. The topological polar surface area (TPSA) is 78.7 Å². The quantitative estimate of drug-likeness (QED) is 0.669. The molecule has 32 heavy (non-hydrogen) atoms. The Kier molecular flexibility index (Phi) is 4.09. The van der Waals surface area contributed by atoms with Gasteiger partial charge >= 0.3 is 11.9 Å². The number of rotatable bonds is 6. The van der Waals surface area contributed by atoms with Gasteiger partial charge in [-0.2, -0.15) is 18.2 Å². The van der Waals surface area contributed by atoms with E-state index in [0.717, 1.165) is 37.3 Å². The van der Waals surface area contributed by atoms with Crippen LogP contribution in [0.3, 0.4) is 0 Å². The van der Waals surface area contributed by atoms with Crippen LogP contribution < -0.4 is 20.1 Å². The van der Waals surface area contributed by atoms with Crippen molar-refractivity contribution in [2.45, 2.75) is 38.0 Å². The number of hydrogen-bond donors (Lipinski definition) is 0. The molecule has 2 aromatic heterocycles. The molecular weight excluding hydrogens is 429 g/mol. The van der Waals surface area contributed by atoms with Crippen LogP contribution in [-0.2, 0) is 17.5 Å². The SMILES string of the molecule is O=c1nc(OCC23CC(COc4ccnc(C(F)(F)F)c4)(C2)C3)cc2n1C[C@H]1COCN21. The van der Waals surface area contributed by atoms with E-state index in [4.69, 9.17) is 14.2 Å². The van der Waals surface area contributed by atoms with Gasteiger partial charge in [-0.1, -0.05) is 0 Å². The van der Waals surface area contributed by atoms with Crippen LogP contribution in [0.5, 0.6) is 11.6 Å². The average molecular weight is 450 g/mol. The zero-order valence-corrected chi connectivity index (χ0v) is 17.1. The molecule has 8 nitrogen and oxygen atoms in total. The molecule has 0 radical (unpaired) electrons. The van der Waals surface area contributed by atoms with Crippen molar-refractivity contribution in [1.82, 2.24) is 14.5 Å². The first kappa shape index (κ1) is 19.8. The van der Waals surface area contributed by atoms with Crippen LogP contribution in [0, 0.1) is 10.8 Å². The fraction of sp³-hybridized carbons (Fsp3) is 0.571. The molecule has 0 aromatic carbocycles. The number of nitrogens with zero attached hydrogens (tertiary/aromatic N) is 4. The van der Waals surface area contributed by atoms with Crippen LogP contribution in [0.2, 0.25) is 0 Å². The van der Waals surface area contributed by atoms with Crippen molar-refractivity contribution in [1.29, 1.82) is 0 Å². The Hall–Kier alpha value is -2.82. The molecule has 0 N–H and O–H groups in total. The van der Waals surface area contributed by atoms with E-state index >= 15 is 0 Å². The van der Waals surface area contributed by atoms with Gasteiger partial charge in [0.15, 0.2) is 0 Å². The van der Waals surface area contributed by atoms with Gasteiger partial charge < -0.3 is 19.1 Å². The molecule has 1 saturated heterocycles. The first-order valence-corrected chi connectivity index (χ1v) is 10.5. The van der Waals surface area contributed by atoms with E-state index in [1.807, 2.05) is 4.90 Å². The maximum atomic E-state index is 12.8. The van der Waals surface area contributed by atoms with Crippen LogP contribution in [0.25, 0.3) is 0 Å². The summed E-state index contributed by atoms with van der Waals surface area (Å²) in [6, 6.07) is 4.33. The summed E-state index contributed by atoms with van der Waals surface area (Å²) in [4.78, 5) is 21.8. The van der Waals surface area contributed by atoms with Crippen LogP contribution in [0.1, 0.15) is 25.0 Å². The van der Waals surface area contributed by atoms with Gasteiger partial charge in [-0.3, -0.25) is 9.55 Å². The molecule has 4 fully saturated rings. The highest BCUT2D eigenvalue weighted by Crippen LogP contribution is 2.73. The molecule has 1 atom stereocenters. The van der Waals surface area contributed by atoms with Crippen molar-refractivity contribution in [3.05, 3.63) is 40.6 Å². The van der Waals surface area contributed by atoms with E-state index in [1.54, 1.807) is 10.6 Å². The van der Waals surface area contributed by atoms with Gasteiger partial charge in [-0.25, -0.2) is 4.79 Å². The Morgan fingerprint density at radius 1 is 1.16 bits per heavy atom. The van der Waals surface area contributed by atoms with Crippen LogP contribution in [0.15, 0.2) is 29.2 Å². The molecule has 5 aliphatic rings. The third kappa shape index (κ3) is 3.13. The van der Waals surface area contributed by atoms with E-state index < -0.39 is 11.9 Å². The third-order valence-electron chi connectivity index (χ3n) is 6.98. The summed E-state index contributed by atoms with van der Waals surface area (Å²) in [6.45, 7) is 2.46. The number of ether oxygens (including phenoxy) is 3. The predicted octanol–water partition coefficient (Wildman–Crippen LogP) is 2.46. The summed E-state index contributed by atoms with van der Waals surface area (Å²) in [6.07, 6.45) is -0.748. The molecular formula is C21H21F3N4O4. The van der Waals surface area contributed by atoms with Gasteiger partial charge in [0.2, 0.25) is 5.88 Å². The van der Waals surface area contributed by atoms with Gasteiger partial charge in [0.1, 0.15) is 24.0 Å². The Morgan fingerprint density at radius 2 is 1.91 bits per heavy atom. The van der Waals surface area contributed by atoms with Gasteiger partial charge in [0, 0.05) is 29.2 Å². The Labute approximate surface area is 180 Å². The third-order valence-corrected chi connectivity index (χ3v) is 6.98. The van der Waals surface area contributed by atoms with Gasteiger partial charge in [0.25, 0.3) is 0 Å². The number of halogens is 3. The summed E-state index contributed by atoms with van der Waals surface area (Å²) in [5.41, 5.74) is -1.27. The van der Waals surface area contributed by atoms with Crippen LogP contribution in [0.4, 0.5) is 19.0 Å². The van der Waals surface area contributed by atoms with Crippen LogP contribution in [-0.4, -0.2) is 47.1 Å². The minimum Gasteiger partial charge on any atom is -0.493 e. The molecule has 170 valence electrons. The fourth-order valence-electron chi connectivity index (χ4n) is 5.71. The predicted molar refractivity (Wildman–Crippen MR) is 105 cm³/mol. The van der Waals surface area contributed by atoms with Crippen molar-refractivity contribution in [3.63, 3.8) is 0 Å². The lowest BCUT2D eigenvalue weighted by atomic mass is 9.35. The molecule has 7 rings (SSSR count). The highest BCUT2D eigenvalue weighted by atomic mass is 19.4. The number of hydrogen-bond acceptors (Lipinski definition) is 7. The number of aromatic nitrogens is 3.